The lowest BCUT2D eigenvalue weighted by atomic mass is 10.3. The maximum Gasteiger partial charge on any atom is 0.281 e. The molecule has 0 unspecified atom stereocenters. The Morgan fingerprint density at radius 3 is 2.61 bits per heavy atom. The first-order chi connectivity index (χ1) is 14.7. The number of furan rings is 1. The zero-order chi connectivity index (χ0) is 22.3. The van der Waals surface area contributed by atoms with E-state index in [0.29, 0.717) is 39.5 Å². The third-order valence-electron chi connectivity index (χ3n) is 4.40. The minimum atomic E-state index is -0.266. The fourth-order valence-corrected chi connectivity index (χ4v) is 5.84. The number of anilines is 1. The molecule has 0 atom stereocenters. The average molecular weight is 631 g/mol. The molecule has 3 aromatic rings. The number of aryl methyl sites for hydroxylation is 2. The third-order valence-corrected chi connectivity index (χ3v) is 6.32. The van der Waals surface area contributed by atoms with E-state index in [1.807, 2.05) is 19.1 Å². The Hall–Kier alpha value is -1.95. The van der Waals surface area contributed by atoms with E-state index < -0.39 is 0 Å². The second kappa shape index (κ2) is 8.89. The second-order valence-electron chi connectivity index (χ2n) is 6.69. The SMILES string of the molecule is Cc1nn(C)cc1N1C(=O)/C(=C\c2ccc(COc3c(Br)cc(Br)cc3Br)o2)NC1=S. The molecule has 1 amide bonds. The number of amides is 1. The molecule has 0 aliphatic carbocycles. The van der Waals surface area contributed by atoms with Gasteiger partial charge in [0.15, 0.2) is 5.11 Å². The summed E-state index contributed by atoms with van der Waals surface area (Å²) in [5.41, 5.74) is 1.69. The summed E-state index contributed by atoms with van der Waals surface area (Å²) < 4.78 is 15.9. The monoisotopic (exact) mass is 628 g/mol. The molecule has 1 aromatic carbocycles. The molecule has 7 nitrogen and oxygen atoms in total. The largest absolute Gasteiger partial charge is 0.483 e. The Morgan fingerprint density at radius 1 is 1.26 bits per heavy atom. The quantitative estimate of drug-likeness (QED) is 0.299. The molecule has 4 rings (SSSR count). The van der Waals surface area contributed by atoms with Gasteiger partial charge in [0.05, 0.1) is 20.3 Å². The van der Waals surface area contributed by atoms with Gasteiger partial charge in [-0.15, -0.1) is 0 Å². The molecule has 0 radical (unpaired) electrons. The molecular formula is C20H15Br3N4O3S. The van der Waals surface area contributed by atoms with Gasteiger partial charge in [-0.25, -0.2) is 4.90 Å². The van der Waals surface area contributed by atoms with Crippen LogP contribution >= 0.6 is 60.0 Å². The highest BCUT2D eigenvalue weighted by atomic mass is 79.9. The molecule has 1 aliphatic heterocycles. The van der Waals surface area contributed by atoms with Crippen LogP contribution in [-0.4, -0.2) is 20.8 Å². The fraction of sp³-hybridized carbons (Fsp3) is 0.150. The van der Waals surface area contributed by atoms with Gasteiger partial charge in [0.25, 0.3) is 5.91 Å². The van der Waals surface area contributed by atoms with E-state index in [9.17, 15) is 4.79 Å². The summed E-state index contributed by atoms with van der Waals surface area (Å²) >= 11 is 15.7. The molecule has 2 aromatic heterocycles. The van der Waals surface area contributed by atoms with Crippen LogP contribution in [0.4, 0.5) is 5.69 Å². The normalized spacial score (nSPS) is 15.1. The van der Waals surface area contributed by atoms with Gasteiger partial charge >= 0.3 is 0 Å². The fourth-order valence-electron chi connectivity index (χ4n) is 3.06. The first kappa shape index (κ1) is 22.3. The van der Waals surface area contributed by atoms with Crippen molar-refractivity contribution in [1.29, 1.82) is 0 Å². The molecule has 11 heteroatoms. The van der Waals surface area contributed by atoms with Crippen molar-refractivity contribution in [3.63, 3.8) is 0 Å². The lowest BCUT2D eigenvalue weighted by molar-refractivity contribution is -0.113. The number of ether oxygens (including phenoxy) is 1. The molecule has 31 heavy (non-hydrogen) atoms. The van der Waals surface area contributed by atoms with Gasteiger partial charge in [-0.1, -0.05) is 15.9 Å². The van der Waals surface area contributed by atoms with Gasteiger partial charge in [0.1, 0.15) is 29.6 Å². The van der Waals surface area contributed by atoms with E-state index in [0.717, 1.165) is 13.4 Å². The minimum absolute atomic E-state index is 0.225. The second-order valence-corrected chi connectivity index (χ2v) is 9.70. The van der Waals surface area contributed by atoms with Gasteiger partial charge in [0.2, 0.25) is 0 Å². The van der Waals surface area contributed by atoms with Crippen LogP contribution in [0.25, 0.3) is 6.08 Å². The zero-order valence-corrected chi connectivity index (χ0v) is 21.9. The van der Waals surface area contributed by atoms with Crippen LogP contribution in [0.3, 0.4) is 0 Å². The van der Waals surface area contributed by atoms with Crippen molar-refractivity contribution in [3.8, 4) is 5.75 Å². The number of benzene rings is 1. The molecule has 0 bridgehead atoms. The van der Waals surface area contributed by atoms with E-state index in [1.165, 1.54) is 4.90 Å². The van der Waals surface area contributed by atoms with E-state index in [2.05, 4.69) is 58.2 Å². The number of hydrogen-bond donors (Lipinski definition) is 1. The van der Waals surface area contributed by atoms with Gasteiger partial charge in [-0.05, 0) is 75.3 Å². The van der Waals surface area contributed by atoms with Crippen LogP contribution < -0.4 is 15.0 Å². The summed E-state index contributed by atoms with van der Waals surface area (Å²) in [6.07, 6.45) is 3.38. The van der Waals surface area contributed by atoms with Crippen LogP contribution in [0.5, 0.6) is 5.75 Å². The summed E-state index contributed by atoms with van der Waals surface area (Å²) in [4.78, 5) is 14.3. The number of aromatic nitrogens is 2. The molecular weight excluding hydrogens is 616 g/mol. The van der Waals surface area contributed by atoms with Crippen LogP contribution in [-0.2, 0) is 18.4 Å². The van der Waals surface area contributed by atoms with Crippen LogP contribution in [0, 0.1) is 6.92 Å². The predicted molar refractivity (Wildman–Crippen MR) is 132 cm³/mol. The number of carbonyl (C=O) groups excluding carboxylic acids is 1. The highest BCUT2D eigenvalue weighted by Gasteiger charge is 2.34. The number of halogens is 3. The number of thiocarbonyl (C=S) groups is 1. The summed E-state index contributed by atoms with van der Waals surface area (Å²) in [5.74, 6) is 1.52. The molecule has 1 N–H and O–H groups in total. The Kier molecular flexibility index (Phi) is 6.38. The maximum absolute atomic E-state index is 12.9. The predicted octanol–water partition coefficient (Wildman–Crippen LogP) is 5.45. The van der Waals surface area contributed by atoms with Crippen molar-refractivity contribution >= 4 is 82.8 Å². The van der Waals surface area contributed by atoms with E-state index in [-0.39, 0.29) is 12.5 Å². The lowest BCUT2D eigenvalue weighted by Crippen LogP contribution is -2.30. The lowest BCUT2D eigenvalue weighted by Gasteiger charge is -2.11. The Morgan fingerprint density at radius 2 is 1.97 bits per heavy atom. The average Bonchev–Trinajstić information content (AvgIpc) is 3.33. The van der Waals surface area contributed by atoms with Crippen LogP contribution in [0.1, 0.15) is 17.2 Å². The Balaban J connectivity index is 1.49. The topological polar surface area (TPSA) is 72.5 Å². The number of rotatable bonds is 5. The van der Waals surface area contributed by atoms with Crippen LogP contribution in [0.2, 0.25) is 0 Å². The molecule has 0 saturated carbocycles. The van der Waals surface area contributed by atoms with Gasteiger partial charge in [-0.3, -0.25) is 9.48 Å². The molecule has 3 heterocycles. The molecule has 1 saturated heterocycles. The van der Waals surface area contributed by atoms with Crippen molar-refractivity contribution in [3.05, 3.63) is 66.8 Å². The highest BCUT2D eigenvalue weighted by molar-refractivity contribution is 9.11. The summed E-state index contributed by atoms with van der Waals surface area (Å²) in [5, 5.41) is 7.52. The van der Waals surface area contributed by atoms with E-state index in [4.69, 9.17) is 21.4 Å². The van der Waals surface area contributed by atoms with Crippen molar-refractivity contribution in [2.45, 2.75) is 13.5 Å². The summed E-state index contributed by atoms with van der Waals surface area (Å²) in [6.45, 7) is 2.05. The molecule has 0 spiro atoms. The zero-order valence-electron chi connectivity index (χ0n) is 16.3. The third kappa shape index (κ3) is 4.64. The molecule has 160 valence electrons. The van der Waals surface area contributed by atoms with Gasteiger partial charge in [0, 0.05) is 23.8 Å². The number of carbonyl (C=O) groups is 1. The van der Waals surface area contributed by atoms with E-state index in [1.54, 1.807) is 36.1 Å². The smallest absolute Gasteiger partial charge is 0.281 e. The van der Waals surface area contributed by atoms with Crippen molar-refractivity contribution in [2.75, 3.05) is 4.90 Å². The Bertz CT molecular complexity index is 1210. The maximum atomic E-state index is 12.9. The first-order valence-corrected chi connectivity index (χ1v) is 11.7. The van der Waals surface area contributed by atoms with Gasteiger partial charge < -0.3 is 14.5 Å². The first-order valence-electron chi connectivity index (χ1n) is 8.96. The number of hydrogen-bond acceptors (Lipinski definition) is 5. The molecule has 1 fully saturated rings. The highest BCUT2D eigenvalue weighted by Crippen LogP contribution is 2.37. The molecule has 1 aliphatic rings. The summed E-state index contributed by atoms with van der Waals surface area (Å²) in [6, 6.07) is 7.36. The number of nitrogens with zero attached hydrogens (tertiary/aromatic N) is 3. The van der Waals surface area contributed by atoms with Crippen LogP contribution in [0.15, 0.2) is 54.0 Å². The Labute approximate surface area is 208 Å². The standard InChI is InChI=1S/C20H15Br3N4O3S/c1-10-17(8-26(2)25-10)27-19(28)16(24-20(27)31)7-12-3-4-13(30-12)9-29-18-14(22)5-11(21)6-15(18)23/h3-8H,9H2,1-2H3,(H,24,31)/b16-7+. The van der Waals surface area contributed by atoms with E-state index >= 15 is 0 Å². The van der Waals surface area contributed by atoms with Crippen molar-refractivity contribution < 1.29 is 13.9 Å². The van der Waals surface area contributed by atoms with Crippen molar-refractivity contribution in [2.24, 2.45) is 7.05 Å². The minimum Gasteiger partial charge on any atom is -0.483 e. The van der Waals surface area contributed by atoms with Crippen molar-refractivity contribution in [1.82, 2.24) is 15.1 Å². The number of nitrogens with one attached hydrogen (secondary N) is 1. The van der Waals surface area contributed by atoms with Gasteiger partial charge in [-0.2, -0.15) is 5.10 Å². The summed E-state index contributed by atoms with van der Waals surface area (Å²) in [7, 11) is 1.79.